The average molecular weight is 338 g/mol. The number of imidazole rings is 1. The Labute approximate surface area is 146 Å². The van der Waals surface area contributed by atoms with Crippen molar-refractivity contribution in [1.29, 1.82) is 0 Å². The van der Waals surface area contributed by atoms with Gasteiger partial charge in [-0.15, -0.1) is 0 Å². The van der Waals surface area contributed by atoms with Gasteiger partial charge in [0.25, 0.3) is 5.91 Å². The summed E-state index contributed by atoms with van der Waals surface area (Å²) in [5.74, 6) is 1.39. The van der Waals surface area contributed by atoms with Crippen molar-refractivity contribution in [3.63, 3.8) is 0 Å². The number of para-hydroxylation sites is 2. The topological polar surface area (TPSA) is 71.1 Å². The van der Waals surface area contributed by atoms with Crippen LogP contribution in [0.15, 0.2) is 42.6 Å². The summed E-state index contributed by atoms with van der Waals surface area (Å²) in [4.78, 5) is 26.2. The van der Waals surface area contributed by atoms with Crippen molar-refractivity contribution in [3.8, 4) is 5.88 Å². The fraction of sp³-hybridized carbons (Fsp3) is 0.316. The number of fused-ring (bicyclic) bond motifs is 1. The Morgan fingerprint density at radius 3 is 2.92 bits per heavy atom. The number of hydrogen-bond donors (Lipinski definition) is 1. The second kappa shape index (κ2) is 7.79. The molecule has 0 saturated heterocycles. The first-order chi connectivity index (χ1) is 12.2. The summed E-state index contributed by atoms with van der Waals surface area (Å²) in [7, 11) is 1.81. The summed E-state index contributed by atoms with van der Waals surface area (Å²) in [5, 5.41) is 0. The number of nitrogens with one attached hydrogen (secondary N) is 1. The summed E-state index contributed by atoms with van der Waals surface area (Å²) < 4.78 is 5.35. The van der Waals surface area contributed by atoms with E-state index in [9.17, 15) is 4.79 Å². The molecule has 6 nitrogen and oxygen atoms in total. The summed E-state index contributed by atoms with van der Waals surface area (Å²) >= 11 is 0. The van der Waals surface area contributed by atoms with E-state index in [0.717, 1.165) is 29.7 Å². The second-order valence-corrected chi connectivity index (χ2v) is 5.85. The molecular weight excluding hydrogens is 316 g/mol. The van der Waals surface area contributed by atoms with Crippen molar-refractivity contribution in [2.75, 3.05) is 20.2 Å². The van der Waals surface area contributed by atoms with E-state index in [1.165, 1.54) is 0 Å². The monoisotopic (exact) mass is 338 g/mol. The van der Waals surface area contributed by atoms with Crippen molar-refractivity contribution in [1.82, 2.24) is 19.9 Å². The predicted molar refractivity (Wildman–Crippen MR) is 96.8 cm³/mol. The van der Waals surface area contributed by atoms with Gasteiger partial charge in [-0.05, 0) is 31.5 Å². The zero-order valence-electron chi connectivity index (χ0n) is 14.5. The lowest BCUT2D eigenvalue weighted by molar-refractivity contribution is 0.0792. The number of benzene rings is 1. The third-order valence-electron chi connectivity index (χ3n) is 3.97. The maximum atomic E-state index is 12.5. The van der Waals surface area contributed by atoms with Crippen LogP contribution in [-0.4, -0.2) is 46.0 Å². The lowest BCUT2D eigenvalue weighted by Crippen LogP contribution is -2.28. The van der Waals surface area contributed by atoms with Gasteiger partial charge in [-0.1, -0.05) is 12.1 Å². The van der Waals surface area contributed by atoms with E-state index in [0.29, 0.717) is 24.6 Å². The lowest BCUT2D eigenvalue weighted by Gasteiger charge is -2.17. The molecular formula is C19H22N4O2. The standard InChI is InChI=1S/C19H22N4O2/c1-3-25-18-13-14(10-11-20-18)19(24)23(2)12-6-9-17-21-15-7-4-5-8-16(15)22-17/h4-5,7-8,10-11,13H,3,6,9,12H2,1-2H3,(H,21,22). The van der Waals surface area contributed by atoms with E-state index < -0.39 is 0 Å². The number of carbonyl (C=O) groups excluding carboxylic acids is 1. The second-order valence-electron chi connectivity index (χ2n) is 5.85. The highest BCUT2D eigenvalue weighted by Gasteiger charge is 2.13. The molecule has 0 aliphatic heterocycles. The van der Waals surface area contributed by atoms with Crippen LogP contribution < -0.4 is 4.74 Å². The first-order valence-corrected chi connectivity index (χ1v) is 8.45. The Bertz CT molecular complexity index is 826. The number of aromatic amines is 1. The van der Waals surface area contributed by atoms with Crippen molar-refractivity contribution in [3.05, 3.63) is 54.0 Å². The highest BCUT2D eigenvalue weighted by molar-refractivity contribution is 5.94. The van der Waals surface area contributed by atoms with Gasteiger partial charge in [0.15, 0.2) is 0 Å². The van der Waals surface area contributed by atoms with Crippen LogP contribution in [0.3, 0.4) is 0 Å². The first-order valence-electron chi connectivity index (χ1n) is 8.45. The molecule has 0 saturated carbocycles. The molecule has 1 aromatic carbocycles. The number of rotatable bonds is 7. The van der Waals surface area contributed by atoms with E-state index in [4.69, 9.17) is 4.74 Å². The Morgan fingerprint density at radius 1 is 1.28 bits per heavy atom. The smallest absolute Gasteiger partial charge is 0.253 e. The number of amides is 1. The van der Waals surface area contributed by atoms with Crippen molar-refractivity contribution in [2.45, 2.75) is 19.8 Å². The molecule has 6 heteroatoms. The fourth-order valence-corrected chi connectivity index (χ4v) is 2.70. The molecule has 2 heterocycles. The molecule has 0 aliphatic rings. The van der Waals surface area contributed by atoms with Crippen LogP contribution in [0.25, 0.3) is 11.0 Å². The highest BCUT2D eigenvalue weighted by atomic mass is 16.5. The van der Waals surface area contributed by atoms with Crippen LogP contribution in [0.1, 0.15) is 29.5 Å². The van der Waals surface area contributed by atoms with Crippen molar-refractivity contribution < 1.29 is 9.53 Å². The molecule has 3 rings (SSSR count). The van der Waals surface area contributed by atoms with Gasteiger partial charge in [0, 0.05) is 37.8 Å². The van der Waals surface area contributed by atoms with Crippen molar-refractivity contribution in [2.24, 2.45) is 0 Å². The number of H-pyrrole nitrogens is 1. The minimum absolute atomic E-state index is 0.0343. The van der Waals surface area contributed by atoms with Gasteiger partial charge in [-0.25, -0.2) is 9.97 Å². The maximum Gasteiger partial charge on any atom is 0.253 e. The minimum atomic E-state index is -0.0343. The van der Waals surface area contributed by atoms with E-state index in [2.05, 4.69) is 15.0 Å². The van der Waals surface area contributed by atoms with Gasteiger partial charge in [-0.3, -0.25) is 4.79 Å². The molecule has 0 bridgehead atoms. The SMILES string of the molecule is CCOc1cc(C(=O)N(C)CCCc2nc3ccccc3[nH]2)ccn1. The molecule has 0 unspecified atom stereocenters. The largest absolute Gasteiger partial charge is 0.478 e. The Kier molecular flexibility index (Phi) is 5.28. The molecule has 130 valence electrons. The summed E-state index contributed by atoms with van der Waals surface area (Å²) in [6.07, 6.45) is 3.23. The van der Waals surface area contributed by atoms with Crippen LogP contribution in [-0.2, 0) is 6.42 Å². The maximum absolute atomic E-state index is 12.5. The molecule has 3 aromatic rings. The zero-order valence-corrected chi connectivity index (χ0v) is 14.5. The summed E-state index contributed by atoms with van der Waals surface area (Å²) in [6, 6.07) is 11.4. The predicted octanol–water partition coefficient (Wildman–Crippen LogP) is 3.06. The molecule has 1 N–H and O–H groups in total. The fourth-order valence-electron chi connectivity index (χ4n) is 2.70. The molecule has 0 spiro atoms. The zero-order chi connectivity index (χ0) is 17.6. The van der Waals surface area contributed by atoms with E-state index in [-0.39, 0.29) is 5.91 Å². The number of carbonyl (C=O) groups is 1. The highest BCUT2D eigenvalue weighted by Crippen LogP contribution is 2.13. The van der Waals surface area contributed by atoms with Gasteiger partial charge in [0.05, 0.1) is 17.6 Å². The van der Waals surface area contributed by atoms with Crippen molar-refractivity contribution >= 4 is 16.9 Å². The number of hydrogen-bond acceptors (Lipinski definition) is 4. The first kappa shape index (κ1) is 17.0. The third kappa shape index (κ3) is 4.15. The lowest BCUT2D eigenvalue weighted by atomic mass is 10.2. The number of aryl methyl sites for hydroxylation is 1. The Hall–Kier alpha value is -2.89. The normalized spacial score (nSPS) is 10.8. The van der Waals surface area contributed by atoms with Gasteiger partial charge in [0.1, 0.15) is 5.82 Å². The summed E-state index contributed by atoms with van der Waals surface area (Å²) in [5.41, 5.74) is 2.61. The number of aromatic nitrogens is 3. The molecule has 25 heavy (non-hydrogen) atoms. The van der Waals surface area contributed by atoms with Gasteiger partial charge < -0.3 is 14.6 Å². The molecule has 0 atom stereocenters. The van der Waals surface area contributed by atoms with Gasteiger partial charge in [0.2, 0.25) is 5.88 Å². The summed E-state index contributed by atoms with van der Waals surface area (Å²) in [6.45, 7) is 3.07. The van der Waals surface area contributed by atoms with E-state index in [1.807, 2.05) is 38.2 Å². The van der Waals surface area contributed by atoms with E-state index in [1.54, 1.807) is 23.2 Å². The number of pyridine rings is 1. The Morgan fingerprint density at radius 2 is 2.12 bits per heavy atom. The average Bonchev–Trinajstić information content (AvgIpc) is 3.04. The number of ether oxygens (including phenoxy) is 1. The van der Waals surface area contributed by atoms with E-state index >= 15 is 0 Å². The van der Waals surface area contributed by atoms with Crippen LogP contribution in [0.2, 0.25) is 0 Å². The van der Waals surface area contributed by atoms with Crippen LogP contribution in [0, 0.1) is 0 Å². The van der Waals surface area contributed by atoms with Gasteiger partial charge >= 0.3 is 0 Å². The molecule has 0 aliphatic carbocycles. The van der Waals surface area contributed by atoms with Crippen LogP contribution in [0.4, 0.5) is 0 Å². The molecule has 1 amide bonds. The third-order valence-corrected chi connectivity index (χ3v) is 3.97. The van der Waals surface area contributed by atoms with Crippen LogP contribution in [0.5, 0.6) is 5.88 Å². The van der Waals surface area contributed by atoms with Crippen LogP contribution >= 0.6 is 0 Å². The number of nitrogens with zero attached hydrogens (tertiary/aromatic N) is 3. The molecule has 0 fully saturated rings. The molecule has 0 radical (unpaired) electrons. The van der Waals surface area contributed by atoms with Gasteiger partial charge in [-0.2, -0.15) is 0 Å². The molecule has 2 aromatic heterocycles. The Balaban J connectivity index is 1.55. The minimum Gasteiger partial charge on any atom is -0.478 e. The quantitative estimate of drug-likeness (QED) is 0.719.